The Kier molecular flexibility index (Phi) is 3.85. The average molecular weight is 196 g/mol. The van der Waals surface area contributed by atoms with Gasteiger partial charge < -0.3 is 15.1 Å². The molecule has 1 atom stereocenters. The van der Waals surface area contributed by atoms with Crippen molar-refractivity contribution in [2.75, 3.05) is 25.1 Å². The lowest BCUT2D eigenvalue weighted by Crippen LogP contribution is -2.21. The highest BCUT2D eigenvalue weighted by molar-refractivity contribution is 5.43. The maximum atomic E-state index is 9.24. The van der Waals surface area contributed by atoms with Crippen molar-refractivity contribution in [3.05, 3.63) is 24.0 Å². The van der Waals surface area contributed by atoms with Gasteiger partial charge in [0, 0.05) is 13.6 Å². The third-order valence-corrected chi connectivity index (χ3v) is 2.07. The van der Waals surface area contributed by atoms with Crippen LogP contribution in [0.2, 0.25) is 0 Å². The predicted molar refractivity (Wildman–Crippen MR) is 55.2 cm³/mol. The lowest BCUT2D eigenvalue weighted by Gasteiger charge is -2.17. The van der Waals surface area contributed by atoms with Crippen molar-refractivity contribution in [3.8, 4) is 0 Å². The van der Waals surface area contributed by atoms with E-state index >= 15 is 0 Å². The SMILES string of the molecule is C[C@H](O)c1ccc(N(C)CCO)cn1. The Labute approximate surface area is 83.8 Å². The fraction of sp³-hybridized carbons (Fsp3) is 0.500. The van der Waals surface area contributed by atoms with Crippen LogP contribution in [0.5, 0.6) is 0 Å². The standard InChI is InChI=1S/C10H16N2O2/c1-8(14)10-4-3-9(7-11-10)12(2)5-6-13/h3-4,7-8,13-14H,5-6H2,1-2H3/t8-/m0/s1. The Morgan fingerprint density at radius 1 is 1.50 bits per heavy atom. The number of nitrogens with zero attached hydrogens (tertiary/aromatic N) is 2. The smallest absolute Gasteiger partial charge is 0.0931 e. The van der Waals surface area contributed by atoms with E-state index in [0.717, 1.165) is 5.69 Å². The molecule has 14 heavy (non-hydrogen) atoms. The van der Waals surface area contributed by atoms with Crippen LogP contribution in [0.4, 0.5) is 5.69 Å². The van der Waals surface area contributed by atoms with Crippen molar-refractivity contribution in [2.45, 2.75) is 13.0 Å². The van der Waals surface area contributed by atoms with Gasteiger partial charge in [0.25, 0.3) is 0 Å². The zero-order valence-corrected chi connectivity index (χ0v) is 8.51. The van der Waals surface area contributed by atoms with E-state index in [2.05, 4.69) is 4.98 Å². The topological polar surface area (TPSA) is 56.6 Å². The van der Waals surface area contributed by atoms with Gasteiger partial charge in [0.2, 0.25) is 0 Å². The number of hydrogen-bond donors (Lipinski definition) is 2. The normalized spacial score (nSPS) is 12.6. The van der Waals surface area contributed by atoms with Crippen LogP contribution in [-0.4, -0.2) is 35.4 Å². The quantitative estimate of drug-likeness (QED) is 0.739. The van der Waals surface area contributed by atoms with Gasteiger partial charge in [-0.15, -0.1) is 0 Å². The summed E-state index contributed by atoms with van der Waals surface area (Å²) in [5, 5.41) is 18.0. The second-order valence-electron chi connectivity index (χ2n) is 3.26. The molecule has 0 bridgehead atoms. The summed E-state index contributed by atoms with van der Waals surface area (Å²) in [6.45, 7) is 2.38. The van der Waals surface area contributed by atoms with Crippen LogP contribution in [0.25, 0.3) is 0 Å². The highest BCUT2D eigenvalue weighted by Crippen LogP contribution is 2.14. The molecule has 1 aromatic heterocycles. The summed E-state index contributed by atoms with van der Waals surface area (Å²) in [4.78, 5) is 6.01. The van der Waals surface area contributed by atoms with E-state index in [0.29, 0.717) is 12.2 Å². The number of likely N-dealkylation sites (N-methyl/N-ethyl adjacent to an activating group) is 1. The molecule has 0 aromatic carbocycles. The predicted octanol–water partition coefficient (Wildman–Crippen LogP) is 0.563. The molecule has 0 unspecified atom stereocenters. The fourth-order valence-corrected chi connectivity index (χ4v) is 1.15. The van der Waals surface area contributed by atoms with Gasteiger partial charge in [-0.25, -0.2) is 0 Å². The molecule has 0 fully saturated rings. The minimum absolute atomic E-state index is 0.120. The Morgan fingerprint density at radius 2 is 2.21 bits per heavy atom. The number of pyridine rings is 1. The Morgan fingerprint density at radius 3 is 2.64 bits per heavy atom. The second kappa shape index (κ2) is 4.93. The first-order chi connectivity index (χ1) is 6.65. The van der Waals surface area contributed by atoms with Crippen LogP contribution in [0.1, 0.15) is 18.7 Å². The molecule has 0 amide bonds. The van der Waals surface area contributed by atoms with Crippen molar-refractivity contribution >= 4 is 5.69 Å². The van der Waals surface area contributed by atoms with Crippen LogP contribution in [0.15, 0.2) is 18.3 Å². The first kappa shape index (κ1) is 10.9. The van der Waals surface area contributed by atoms with Crippen LogP contribution >= 0.6 is 0 Å². The van der Waals surface area contributed by atoms with Crippen molar-refractivity contribution in [1.29, 1.82) is 0 Å². The summed E-state index contributed by atoms with van der Waals surface area (Å²) < 4.78 is 0. The molecule has 0 aliphatic carbocycles. The summed E-state index contributed by atoms with van der Waals surface area (Å²) >= 11 is 0. The van der Waals surface area contributed by atoms with Crippen LogP contribution in [0, 0.1) is 0 Å². The van der Waals surface area contributed by atoms with Gasteiger partial charge in [0.15, 0.2) is 0 Å². The molecule has 1 rings (SSSR count). The van der Waals surface area contributed by atoms with E-state index in [1.165, 1.54) is 0 Å². The fourth-order valence-electron chi connectivity index (χ4n) is 1.15. The van der Waals surface area contributed by atoms with Gasteiger partial charge in [-0.1, -0.05) is 0 Å². The van der Waals surface area contributed by atoms with Crippen molar-refractivity contribution in [2.24, 2.45) is 0 Å². The third kappa shape index (κ3) is 2.68. The lowest BCUT2D eigenvalue weighted by atomic mass is 10.2. The largest absolute Gasteiger partial charge is 0.395 e. The number of anilines is 1. The Hall–Kier alpha value is -1.13. The summed E-state index contributed by atoms with van der Waals surface area (Å²) in [5.41, 5.74) is 1.59. The van der Waals surface area contributed by atoms with Gasteiger partial charge in [-0.3, -0.25) is 4.98 Å². The second-order valence-corrected chi connectivity index (χ2v) is 3.26. The number of rotatable bonds is 4. The van der Waals surface area contributed by atoms with Gasteiger partial charge in [0.05, 0.1) is 30.3 Å². The number of aliphatic hydroxyl groups excluding tert-OH is 2. The highest BCUT2D eigenvalue weighted by atomic mass is 16.3. The molecule has 0 spiro atoms. The summed E-state index contributed by atoms with van der Waals surface area (Å²) in [5.74, 6) is 0. The van der Waals surface area contributed by atoms with Gasteiger partial charge in [0.1, 0.15) is 0 Å². The van der Waals surface area contributed by atoms with Crippen LogP contribution in [0.3, 0.4) is 0 Å². The molecule has 0 radical (unpaired) electrons. The Balaban J connectivity index is 2.72. The molecule has 0 saturated carbocycles. The molecule has 1 heterocycles. The minimum atomic E-state index is -0.535. The van der Waals surface area contributed by atoms with Crippen molar-refractivity contribution < 1.29 is 10.2 Å². The monoisotopic (exact) mass is 196 g/mol. The van der Waals surface area contributed by atoms with E-state index in [1.54, 1.807) is 19.2 Å². The highest BCUT2D eigenvalue weighted by Gasteiger charge is 2.04. The van der Waals surface area contributed by atoms with Crippen LogP contribution < -0.4 is 4.90 Å². The van der Waals surface area contributed by atoms with E-state index in [9.17, 15) is 5.11 Å². The molecule has 2 N–H and O–H groups in total. The minimum Gasteiger partial charge on any atom is -0.395 e. The van der Waals surface area contributed by atoms with Crippen molar-refractivity contribution in [3.63, 3.8) is 0 Å². The van der Waals surface area contributed by atoms with E-state index in [-0.39, 0.29) is 6.61 Å². The zero-order valence-electron chi connectivity index (χ0n) is 8.51. The molecular weight excluding hydrogens is 180 g/mol. The van der Waals surface area contributed by atoms with Gasteiger partial charge in [-0.2, -0.15) is 0 Å². The molecule has 0 saturated heterocycles. The number of hydrogen-bond acceptors (Lipinski definition) is 4. The van der Waals surface area contributed by atoms with Crippen LogP contribution in [-0.2, 0) is 0 Å². The lowest BCUT2D eigenvalue weighted by molar-refractivity contribution is 0.194. The van der Waals surface area contributed by atoms with Crippen molar-refractivity contribution in [1.82, 2.24) is 4.98 Å². The molecule has 0 aliphatic heterocycles. The summed E-state index contributed by atoms with van der Waals surface area (Å²) in [6, 6.07) is 3.67. The maximum absolute atomic E-state index is 9.24. The molecule has 1 aromatic rings. The first-order valence-electron chi connectivity index (χ1n) is 4.61. The summed E-state index contributed by atoms with van der Waals surface area (Å²) in [7, 11) is 1.88. The molecule has 4 nitrogen and oxygen atoms in total. The van der Waals surface area contributed by atoms with E-state index in [4.69, 9.17) is 5.11 Å². The molecule has 78 valence electrons. The Bertz CT molecular complexity index is 272. The summed E-state index contributed by atoms with van der Waals surface area (Å²) in [6.07, 6.45) is 1.16. The molecule has 0 aliphatic rings. The molecule has 4 heteroatoms. The van der Waals surface area contributed by atoms with E-state index < -0.39 is 6.10 Å². The first-order valence-corrected chi connectivity index (χ1v) is 4.61. The zero-order chi connectivity index (χ0) is 10.6. The third-order valence-electron chi connectivity index (χ3n) is 2.07. The van der Waals surface area contributed by atoms with Gasteiger partial charge >= 0.3 is 0 Å². The van der Waals surface area contributed by atoms with Gasteiger partial charge in [-0.05, 0) is 19.1 Å². The number of aromatic nitrogens is 1. The molecular formula is C10H16N2O2. The average Bonchev–Trinajstić information content (AvgIpc) is 2.18. The van der Waals surface area contributed by atoms with E-state index in [1.807, 2.05) is 18.0 Å². The maximum Gasteiger partial charge on any atom is 0.0931 e. The number of aliphatic hydroxyl groups is 2.